The van der Waals surface area contributed by atoms with Crippen LogP contribution in [0.15, 0.2) is 30.3 Å². The predicted octanol–water partition coefficient (Wildman–Crippen LogP) is 0.666. The van der Waals surface area contributed by atoms with Crippen LogP contribution in [0.25, 0.3) is 0 Å². The largest absolute Gasteiger partial charge is 0.368 e. The molecule has 162 valence electrons. The van der Waals surface area contributed by atoms with Crippen molar-refractivity contribution in [2.45, 2.75) is 63.6 Å². The maximum atomic E-state index is 13.2. The lowest BCUT2D eigenvalue weighted by molar-refractivity contribution is -0.141. The number of hydrogen-bond donors (Lipinski definition) is 3. The highest BCUT2D eigenvalue weighted by molar-refractivity contribution is 5.96. The van der Waals surface area contributed by atoms with E-state index in [0.29, 0.717) is 25.8 Å². The Morgan fingerprint density at radius 2 is 1.93 bits per heavy atom. The zero-order chi connectivity index (χ0) is 21.8. The summed E-state index contributed by atoms with van der Waals surface area (Å²) < 4.78 is 0. The molecule has 3 rings (SSSR count). The first-order chi connectivity index (χ1) is 14.3. The number of nitrogens with zero attached hydrogens (tertiary/aromatic N) is 1. The lowest BCUT2D eigenvalue weighted by Crippen LogP contribution is -2.56. The van der Waals surface area contributed by atoms with E-state index in [1.54, 1.807) is 0 Å². The number of likely N-dealkylation sites (tertiary alicyclic amines) is 1. The lowest BCUT2D eigenvalue weighted by atomic mass is 9.91. The number of hydrogen-bond acceptors (Lipinski definition) is 4. The van der Waals surface area contributed by atoms with Gasteiger partial charge in [0.25, 0.3) is 0 Å². The van der Waals surface area contributed by atoms with Gasteiger partial charge < -0.3 is 21.3 Å². The number of carbonyl (C=O) groups is 4. The van der Waals surface area contributed by atoms with Crippen LogP contribution in [0.4, 0.5) is 0 Å². The fraction of sp³-hybridized carbons (Fsp3) is 0.545. The van der Waals surface area contributed by atoms with Gasteiger partial charge in [-0.2, -0.15) is 0 Å². The zero-order valence-corrected chi connectivity index (χ0v) is 17.5. The van der Waals surface area contributed by atoms with Crippen LogP contribution in [0.5, 0.6) is 0 Å². The van der Waals surface area contributed by atoms with E-state index in [4.69, 9.17) is 5.73 Å². The Labute approximate surface area is 176 Å². The van der Waals surface area contributed by atoms with Crippen molar-refractivity contribution in [2.24, 2.45) is 11.7 Å². The minimum absolute atomic E-state index is 0.150. The maximum Gasteiger partial charge on any atom is 0.245 e. The molecule has 1 unspecified atom stereocenters. The van der Waals surface area contributed by atoms with Gasteiger partial charge in [-0.25, -0.2) is 0 Å². The molecule has 0 aliphatic carbocycles. The molecule has 30 heavy (non-hydrogen) atoms. The van der Waals surface area contributed by atoms with Gasteiger partial charge in [0, 0.05) is 18.9 Å². The molecule has 0 radical (unpaired) electrons. The first-order valence-electron chi connectivity index (χ1n) is 10.5. The summed E-state index contributed by atoms with van der Waals surface area (Å²) in [5.74, 6) is -1.54. The van der Waals surface area contributed by atoms with Gasteiger partial charge in [-0.3, -0.25) is 19.2 Å². The molecule has 4 N–H and O–H groups in total. The minimum Gasteiger partial charge on any atom is -0.368 e. The Morgan fingerprint density at radius 3 is 2.57 bits per heavy atom. The SMILES string of the molecule is CC(C)C[C@H](NC(=O)[C@H]1NC(=O)CC1c1ccccc1)C(=O)N1CCC[C@H]1C(N)=O. The highest BCUT2D eigenvalue weighted by Gasteiger charge is 2.41. The van der Waals surface area contributed by atoms with Gasteiger partial charge in [0.15, 0.2) is 0 Å². The van der Waals surface area contributed by atoms with Gasteiger partial charge in [0.2, 0.25) is 23.6 Å². The van der Waals surface area contributed by atoms with E-state index in [-0.39, 0.29) is 36.0 Å². The second-order valence-corrected chi connectivity index (χ2v) is 8.55. The molecule has 4 amide bonds. The van der Waals surface area contributed by atoms with Crippen molar-refractivity contribution in [1.29, 1.82) is 0 Å². The fourth-order valence-electron chi connectivity index (χ4n) is 4.39. The van der Waals surface area contributed by atoms with Crippen molar-refractivity contribution in [3.05, 3.63) is 35.9 Å². The van der Waals surface area contributed by atoms with Gasteiger partial charge in [-0.1, -0.05) is 44.2 Å². The van der Waals surface area contributed by atoms with Gasteiger partial charge in [-0.15, -0.1) is 0 Å². The van der Waals surface area contributed by atoms with E-state index >= 15 is 0 Å². The minimum atomic E-state index is -0.772. The predicted molar refractivity (Wildman–Crippen MR) is 111 cm³/mol. The highest BCUT2D eigenvalue weighted by Crippen LogP contribution is 2.29. The number of amides is 4. The smallest absolute Gasteiger partial charge is 0.245 e. The van der Waals surface area contributed by atoms with E-state index in [0.717, 1.165) is 5.56 Å². The van der Waals surface area contributed by atoms with Crippen molar-refractivity contribution >= 4 is 23.6 Å². The van der Waals surface area contributed by atoms with Crippen LogP contribution in [0, 0.1) is 5.92 Å². The van der Waals surface area contributed by atoms with E-state index < -0.39 is 24.0 Å². The third-order valence-electron chi connectivity index (χ3n) is 5.82. The summed E-state index contributed by atoms with van der Waals surface area (Å²) in [4.78, 5) is 51.5. The summed E-state index contributed by atoms with van der Waals surface area (Å²) in [7, 11) is 0. The van der Waals surface area contributed by atoms with E-state index in [2.05, 4.69) is 10.6 Å². The summed E-state index contributed by atoms with van der Waals surface area (Å²) in [5, 5.41) is 5.60. The van der Waals surface area contributed by atoms with Crippen molar-refractivity contribution in [2.75, 3.05) is 6.54 Å². The number of nitrogens with one attached hydrogen (secondary N) is 2. The molecule has 0 saturated carbocycles. The molecule has 2 heterocycles. The topological polar surface area (TPSA) is 122 Å². The van der Waals surface area contributed by atoms with Gasteiger partial charge in [0.05, 0.1) is 0 Å². The molecular formula is C22H30N4O4. The highest BCUT2D eigenvalue weighted by atomic mass is 16.2. The molecule has 0 bridgehead atoms. The van der Waals surface area contributed by atoms with Crippen molar-refractivity contribution in [1.82, 2.24) is 15.5 Å². The normalized spacial score (nSPS) is 24.6. The number of benzene rings is 1. The Bertz CT molecular complexity index is 811. The molecular weight excluding hydrogens is 384 g/mol. The van der Waals surface area contributed by atoms with Crippen LogP contribution in [0.2, 0.25) is 0 Å². The van der Waals surface area contributed by atoms with Gasteiger partial charge in [-0.05, 0) is 30.7 Å². The molecule has 0 spiro atoms. The Morgan fingerprint density at radius 1 is 1.23 bits per heavy atom. The molecule has 8 heteroatoms. The van der Waals surface area contributed by atoms with Crippen molar-refractivity contribution in [3.63, 3.8) is 0 Å². The van der Waals surface area contributed by atoms with Crippen molar-refractivity contribution in [3.8, 4) is 0 Å². The summed E-state index contributed by atoms with van der Waals surface area (Å²) in [6, 6.07) is 7.26. The van der Waals surface area contributed by atoms with Crippen LogP contribution in [0.3, 0.4) is 0 Å². The molecule has 1 aromatic carbocycles. The zero-order valence-electron chi connectivity index (χ0n) is 17.5. The van der Waals surface area contributed by atoms with Crippen LogP contribution in [0.1, 0.15) is 51.0 Å². The lowest BCUT2D eigenvalue weighted by Gasteiger charge is -2.30. The summed E-state index contributed by atoms with van der Waals surface area (Å²) in [5.41, 5.74) is 6.36. The standard InChI is InChI=1S/C22H30N4O4/c1-13(2)11-16(22(30)26-10-6-9-17(26)20(23)28)24-21(29)19-15(12-18(27)25-19)14-7-4-3-5-8-14/h3-5,7-8,13,15-17,19H,6,9-12H2,1-2H3,(H2,23,28)(H,24,29)(H,25,27)/t15?,16-,17-,19-/m0/s1. The maximum absolute atomic E-state index is 13.2. The van der Waals surface area contributed by atoms with Gasteiger partial charge >= 0.3 is 0 Å². The summed E-state index contributed by atoms with van der Waals surface area (Å²) in [6.07, 6.45) is 1.90. The van der Waals surface area contributed by atoms with Crippen LogP contribution < -0.4 is 16.4 Å². The van der Waals surface area contributed by atoms with Crippen LogP contribution >= 0.6 is 0 Å². The molecule has 0 aromatic heterocycles. The Balaban J connectivity index is 1.77. The van der Waals surface area contributed by atoms with E-state index in [9.17, 15) is 19.2 Å². The quantitative estimate of drug-likeness (QED) is 0.607. The number of carbonyl (C=O) groups excluding carboxylic acids is 4. The summed E-state index contributed by atoms with van der Waals surface area (Å²) >= 11 is 0. The number of primary amides is 1. The monoisotopic (exact) mass is 414 g/mol. The average molecular weight is 415 g/mol. The second kappa shape index (κ2) is 9.28. The molecule has 4 atom stereocenters. The van der Waals surface area contributed by atoms with E-state index in [1.807, 2.05) is 44.2 Å². The van der Waals surface area contributed by atoms with Gasteiger partial charge in [0.1, 0.15) is 18.1 Å². The summed E-state index contributed by atoms with van der Waals surface area (Å²) in [6.45, 7) is 4.38. The number of rotatable bonds is 7. The molecule has 2 aliphatic rings. The van der Waals surface area contributed by atoms with E-state index in [1.165, 1.54) is 4.90 Å². The molecule has 2 saturated heterocycles. The Hall–Kier alpha value is -2.90. The van der Waals surface area contributed by atoms with Crippen molar-refractivity contribution < 1.29 is 19.2 Å². The molecule has 8 nitrogen and oxygen atoms in total. The Kier molecular flexibility index (Phi) is 6.74. The van der Waals surface area contributed by atoms with Crippen LogP contribution in [-0.2, 0) is 19.2 Å². The molecule has 2 aliphatic heterocycles. The van der Waals surface area contributed by atoms with Crippen LogP contribution in [-0.4, -0.2) is 53.2 Å². The number of nitrogens with two attached hydrogens (primary N) is 1. The molecule has 2 fully saturated rings. The fourth-order valence-corrected chi connectivity index (χ4v) is 4.39. The molecule has 1 aromatic rings. The first-order valence-corrected chi connectivity index (χ1v) is 10.5. The average Bonchev–Trinajstić information content (AvgIpc) is 3.34. The second-order valence-electron chi connectivity index (χ2n) is 8.55. The third kappa shape index (κ3) is 4.80. The third-order valence-corrected chi connectivity index (χ3v) is 5.82. The first kappa shape index (κ1) is 21.8.